The molecule has 0 aliphatic carbocycles. The van der Waals surface area contributed by atoms with E-state index in [0.29, 0.717) is 0 Å². The largest absolute Gasteiger partial charge is 0.332 e. The van der Waals surface area contributed by atoms with Crippen molar-refractivity contribution in [1.29, 1.82) is 0 Å². The van der Waals surface area contributed by atoms with Crippen molar-refractivity contribution in [2.75, 3.05) is 5.32 Å². The normalized spacial score (nSPS) is 11.3. The number of benzene rings is 4. The summed E-state index contributed by atoms with van der Waals surface area (Å²) in [5, 5.41) is 9.38. The quantitative estimate of drug-likeness (QED) is 0.409. The lowest BCUT2D eigenvalue weighted by atomic mass is 10.1. The molecule has 4 aromatic carbocycles. The van der Waals surface area contributed by atoms with E-state index in [0.717, 1.165) is 16.3 Å². The van der Waals surface area contributed by atoms with Crippen LogP contribution in [0, 0.1) is 0 Å². The standard InChI is InChI=1S/C21H14N2S/c1-2-7-16-13-17(11-9-14(16)5-1)22-21-23-19-12-10-15-6-3-4-8-18(15)20(19)24-21/h1-13H,(H,22,23). The Morgan fingerprint density at radius 2 is 1.46 bits per heavy atom. The van der Waals surface area contributed by atoms with Gasteiger partial charge in [0.2, 0.25) is 0 Å². The fourth-order valence-corrected chi connectivity index (χ4v) is 4.12. The molecule has 1 heterocycles. The minimum absolute atomic E-state index is 0.927. The molecule has 0 saturated carbocycles. The molecule has 0 fully saturated rings. The molecule has 24 heavy (non-hydrogen) atoms. The summed E-state index contributed by atoms with van der Waals surface area (Å²) in [6.45, 7) is 0. The van der Waals surface area contributed by atoms with Crippen LogP contribution >= 0.6 is 11.3 Å². The summed E-state index contributed by atoms with van der Waals surface area (Å²) in [7, 11) is 0. The van der Waals surface area contributed by atoms with E-state index in [9.17, 15) is 0 Å². The second kappa shape index (κ2) is 5.32. The van der Waals surface area contributed by atoms with Crippen molar-refractivity contribution >= 4 is 53.9 Å². The van der Waals surface area contributed by atoms with Crippen LogP contribution in [0.1, 0.15) is 0 Å². The molecule has 0 aliphatic heterocycles. The Balaban J connectivity index is 1.59. The predicted octanol–water partition coefficient (Wildman–Crippen LogP) is 6.35. The van der Waals surface area contributed by atoms with Crippen molar-refractivity contribution in [3.05, 3.63) is 78.9 Å². The number of hydrogen-bond acceptors (Lipinski definition) is 3. The van der Waals surface area contributed by atoms with E-state index in [4.69, 9.17) is 4.98 Å². The first-order valence-electron chi connectivity index (χ1n) is 7.91. The minimum Gasteiger partial charge on any atom is -0.332 e. The van der Waals surface area contributed by atoms with Gasteiger partial charge in [0, 0.05) is 11.1 Å². The highest BCUT2D eigenvalue weighted by Crippen LogP contribution is 2.34. The maximum absolute atomic E-state index is 4.75. The van der Waals surface area contributed by atoms with Gasteiger partial charge < -0.3 is 5.32 Å². The monoisotopic (exact) mass is 326 g/mol. The minimum atomic E-state index is 0.927. The summed E-state index contributed by atoms with van der Waals surface area (Å²) in [5.41, 5.74) is 2.11. The third kappa shape index (κ3) is 2.22. The Morgan fingerprint density at radius 1 is 0.708 bits per heavy atom. The molecule has 1 N–H and O–H groups in total. The van der Waals surface area contributed by atoms with Crippen LogP contribution in [-0.2, 0) is 0 Å². The molecule has 5 aromatic rings. The first-order valence-corrected chi connectivity index (χ1v) is 8.73. The third-order valence-electron chi connectivity index (χ3n) is 4.28. The molecule has 0 spiro atoms. The Kier molecular flexibility index (Phi) is 3.00. The number of anilines is 2. The topological polar surface area (TPSA) is 24.9 Å². The second-order valence-corrected chi connectivity index (χ2v) is 6.84. The molecule has 0 saturated heterocycles. The number of hydrogen-bond donors (Lipinski definition) is 1. The average molecular weight is 326 g/mol. The van der Waals surface area contributed by atoms with Gasteiger partial charge >= 0.3 is 0 Å². The van der Waals surface area contributed by atoms with Gasteiger partial charge in [0.15, 0.2) is 5.13 Å². The van der Waals surface area contributed by atoms with Gasteiger partial charge in [-0.1, -0.05) is 72.0 Å². The van der Waals surface area contributed by atoms with Crippen LogP contribution < -0.4 is 5.32 Å². The predicted molar refractivity (Wildman–Crippen MR) is 104 cm³/mol. The van der Waals surface area contributed by atoms with Crippen LogP contribution in [0.3, 0.4) is 0 Å². The Bertz CT molecular complexity index is 1190. The van der Waals surface area contributed by atoms with Gasteiger partial charge in [-0.15, -0.1) is 0 Å². The highest BCUT2D eigenvalue weighted by Gasteiger charge is 2.07. The fourth-order valence-electron chi connectivity index (χ4n) is 3.10. The Hall–Kier alpha value is -2.91. The van der Waals surface area contributed by atoms with Crippen LogP contribution in [0.25, 0.3) is 31.8 Å². The number of nitrogens with one attached hydrogen (secondary N) is 1. The average Bonchev–Trinajstić information content (AvgIpc) is 3.04. The molecule has 5 rings (SSSR count). The number of thiazole rings is 1. The lowest BCUT2D eigenvalue weighted by molar-refractivity contribution is 1.45. The van der Waals surface area contributed by atoms with E-state index < -0.39 is 0 Å². The first-order chi connectivity index (χ1) is 11.9. The Labute approximate surface area is 143 Å². The molecule has 1 aromatic heterocycles. The van der Waals surface area contributed by atoms with Crippen molar-refractivity contribution in [3.8, 4) is 0 Å². The van der Waals surface area contributed by atoms with Gasteiger partial charge in [-0.25, -0.2) is 4.98 Å². The van der Waals surface area contributed by atoms with Crippen LogP contribution in [0.15, 0.2) is 78.9 Å². The summed E-state index contributed by atoms with van der Waals surface area (Å²) in [4.78, 5) is 4.75. The third-order valence-corrected chi connectivity index (χ3v) is 5.30. The van der Waals surface area contributed by atoms with Crippen molar-refractivity contribution in [1.82, 2.24) is 4.98 Å². The van der Waals surface area contributed by atoms with E-state index >= 15 is 0 Å². The van der Waals surface area contributed by atoms with E-state index in [2.05, 4.69) is 84.2 Å². The number of aromatic nitrogens is 1. The van der Waals surface area contributed by atoms with E-state index in [1.165, 1.54) is 26.2 Å². The molecule has 0 aliphatic rings. The molecule has 0 amide bonds. The molecule has 0 bridgehead atoms. The Morgan fingerprint density at radius 3 is 2.38 bits per heavy atom. The zero-order valence-electron chi connectivity index (χ0n) is 12.9. The summed E-state index contributed by atoms with van der Waals surface area (Å²) >= 11 is 1.70. The lowest BCUT2D eigenvalue weighted by Crippen LogP contribution is -1.88. The molecule has 0 radical (unpaired) electrons. The van der Waals surface area contributed by atoms with Crippen LogP contribution in [-0.4, -0.2) is 4.98 Å². The number of fused-ring (bicyclic) bond motifs is 4. The van der Waals surface area contributed by atoms with Gasteiger partial charge in [-0.3, -0.25) is 0 Å². The van der Waals surface area contributed by atoms with Gasteiger partial charge in [0.1, 0.15) is 0 Å². The smallest absolute Gasteiger partial charge is 0.188 e. The van der Waals surface area contributed by atoms with Crippen LogP contribution in [0.2, 0.25) is 0 Å². The van der Waals surface area contributed by atoms with Crippen LogP contribution in [0.5, 0.6) is 0 Å². The summed E-state index contributed by atoms with van der Waals surface area (Å²) in [5.74, 6) is 0. The van der Waals surface area contributed by atoms with Crippen molar-refractivity contribution < 1.29 is 0 Å². The summed E-state index contributed by atoms with van der Waals surface area (Å²) in [6.07, 6.45) is 0. The zero-order chi connectivity index (χ0) is 15.9. The second-order valence-electron chi connectivity index (χ2n) is 5.84. The molecule has 3 heteroatoms. The van der Waals surface area contributed by atoms with Gasteiger partial charge in [0.05, 0.1) is 10.2 Å². The van der Waals surface area contributed by atoms with E-state index in [1.807, 2.05) is 0 Å². The first kappa shape index (κ1) is 13.5. The maximum Gasteiger partial charge on any atom is 0.188 e. The highest BCUT2D eigenvalue weighted by molar-refractivity contribution is 7.23. The van der Waals surface area contributed by atoms with Crippen LogP contribution in [0.4, 0.5) is 10.8 Å². The molecular formula is C21H14N2S. The SMILES string of the molecule is c1ccc2cc(Nc3nc4ccc5ccccc5c4s3)ccc2c1. The maximum atomic E-state index is 4.75. The summed E-state index contributed by atoms with van der Waals surface area (Å²) in [6, 6.07) is 27.5. The molecule has 0 atom stereocenters. The number of nitrogens with zero attached hydrogens (tertiary/aromatic N) is 1. The molecular weight excluding hydrogens is 312 g/mol. The summed E-state index contributed by atoms with van der Waals surface area (Å²) < 4.78 is 1.23. The van der Waals surface area contributed by atoms with Crippen molar-refractivity contribution in [2.24, 2.45) is 0 Å². The molecule has 0 unspecified atom stereocenters. The molecule has 2 nitrogen and oxygen atoms in total. The highest BCUT2D eigenvalue weighted by atomic mass is 32.1. The van der Waals surface area contributed by atoms with Gasteiger partial charge in [-0.2, -0.15) is 0 Å². The van der Waals surface area contributed by atoms with Crippen molar-refractivity contribution in [3.63, 3.8) is 0 Å². The van der Waals surface area contributed by atoms with E-state index in [1.54, 1.807) is 11.3 Å². The van der Waals surface area contributed by atoms with E-state index in [-0.39, 0.29) is 0 Å². The lowest BCUT2D eigenvalue weighted by Gasteiger charge is -2.04. The van der Waals surface area contributed by atoms with Crippen molar-refractivity contribution in [2.45, 2.75) is 0 Å². The zero-order valence-corrected chi connectivity index (χ0v) is 13.7. The van der Waals surface area contributed by atoms with Gasteiger partial charge in [0.25, 0.3) is 0 Å². The number of rotatable bonds is 2. The fraction of sp³-hybridized carbons (Fsp3) is 0. The van der Waals surface area contributed by atoms with Gasteiger partial charge in [-0.05, 0) is 34.4 Å². The molecule has 114 valence electrons.